The average Bonchev–Trinajstić information content (AvgIpc) is 2.68. The van der Waals surface area contributed by atoms with Gasteiger partial charge in [0.1, 0.15) is 5.60 Å². The molecule has 1 fully saturated rings. The van der Waals surface area contributed by atoms with E-state index in [1.807, 2.05) is 4.90 Å². The number of rotatable bonds is 5. The Labute approximate surface area is 119 Å². The summed E-state index contributed by atoms with van der Waals surface area (Å²) in [6.45, 7) is 7.42. The number of amides is 1. The fourth-order valence-electron chi connectivity index (χ4n) is 2.22. The van der Waals surface area contributed by atoms with E-state index in [1.165, 1.54) is 0 Å². The van der Waals surface area contributed by atoms with Crippen LogP contribution in [-0.4, -0.2) is 59.4 Å². The van der Waals surface area contributed by atoms with Crippen LogP contribution in [0.3, 0.4) is 0 Å². The number of ether oxygens (including phenoxy) is 1. The number of carbonyl (C=O) groups is 2. The van der Waals surface area contributed by atoms with E-state index < -0.39 is 23.2 Å². The van der Waals surface area contributed by atoms with Crippen LogP contribution in [0.5, 0.6) is 0 Å². The van der Waals surface area contributed by atoms with E-state index in [-0.39, 0.29) is 6.54 Å². The number of nitrogens with zero attached hydrogens (tertiary/aromatic N) is 1. The Kier molecular flexibility index (Phi) is 5.35. The molecule has 1 atom stereocenters. The maximum atomic E-state index is 11.8. The minimum Gasteiger partial charge on any atom is -0.479 e. The Morgan fingerprint density at radius 3 is 2.60 bits per heavy atom. The lowest BCUT2D eigenvalue weighted by atomic mass is 9.99. The minimum absolute atomic E-state index is 0.279. The minimum atomic E-state index is -1.27. The van der Waals surface area contributed by atoms with Gasteiger partial charge >= 0.3 is 12.1 Å². The van der Waals surface area contributed by atoms with Gasteiger partial charge in [-0.15, -0.1) is 0 Å². The molecule has 0 bridgehead atoms. The van der Waals surface area contributed by atoms with E-state index in [4.69, 9.17) is 10.5 Å². The van der Waals surface area contributed by atoms with Crippen LogP contribution in [0.2, 0.25) is 0 Å². The van der Waals surface area contributed by atoms with Crippen molar-refractivity contribution in [3.8, 4) is 0 Å². The monoisotopic (exact) mass is 287 g/mol. The van der Waals surface area contributed by atoms with Crippen LogP contribution >= 0.6 is 0 Å². The van der Waals surface area contributed by atoms with E-state index in [9.17, 15) is 14.7 Å². The summed E-state index contributed by atoms with van der Waals surface area (Å²) in [7, 11) is 0. The van der Waals surface area contributed by atoms with Gasteiger partial charge in [-0.3, -0.25) is 0 Å². The standard InChI is InChI=1S/C13H25N3O4/c1-12(2,3)20-11(19)15-13(10(17)18)5-8-16(9-13)7-4-6-14/h4-9,14H2,1-3H3,(H,15,19)(H,17,18). The Balaban J connectivity index is 2.66. The van der Waals surface area contributed by atoms with Gasteiger partial charge in [0, 0.05) is 13.1 Å². The van der Waals surface area contributed by atoms with Crippen LogP contribution in [0, 0.1) is 0 Å². The van der Waals surface area contributed by atoms with Crippen molar-refractivity contribution in [1.82, 2.24) is 10.2 Å². The maximum Gasteiger partial charge on any atom is 0.408 e. The number of carbonyl (C=O) groups excluding carboxylic acids is 1. The number of alkyl carbamates (subject to hydrolysis) is 1. The van der Waals surface area contributed by atoms with Crippen molar-refractivity contribution < 1.29 is 19.4 Å². The molecule has 1 unspecified atom stereocenters. The highest BCUT2D eigenvalue weighted by Gasteiger charge is 2.46. The molecular weight excluding hydrogens is 262 g/mol. The highest BCUT2D eigenvalue weighted by Crippen LogP contribution is 2.22. The van der Waals surface area contributed by atoms with Crippen LogP contribution in [0.1, 0.15) is 33.6 Å². The van der Waals surface area contributed by atoms with Crippen molar-refractivity contribution >= 4 is 12.1 Å². The van der Waals surface area contributed by atoms with Crippen molar-refractivity contribution in [2.45, 2.75) is 44.8 Å². The molecule has 0 aliphatic carbocycles. The SMILES string of the molecule is CC(C)(C)OC(=O)NC1(C(=O)O)CCN(CCCN)C1. The lowest BCUT2D eigenvalue weighted by Crippen LogP contribution is -2.57. The zero-order valence-corrected chi connectivity index (χ0v) is 12.4. The largest absolute Gasteiger partial charge is 0.479 e. The van der Waals surface area contributed by atoms with Gasteiger partial charge in [-0.05, 0) is 46.7 Å². The number of nitrogens with one attached hydrogen (secondary N) is 1. The molecule has 20 heavy (non-hydrogen) atoms. The number of aliphatic carboxylic acids is 1. The third kappa shape index (κ3) is 4.64. The maximum absolute atomic E-state index is 11.8. The number of carboxylic acids is 1. The molecular formula is C13H25N3O4. The Hall–Kier alpha value is -1.34. The second-order valence-electron chi connectivity index (χ2n) is 6.18. The smallest absolute Gasteiger partial charge is 0.408 e. The van der Waals surface area contributed by atoms with Crippen molar-refractivity contribution in [3.05, 3.63) is 0 Å². The van der Waals surface area contributed by atoms with Crippen LogP contribution < -0.4 is 11.1 Å². The van der Waals surface area contributed by atoms with Gasteiger partial charge in [0.25, 0.3) is 0 Å². The number of nitrogens with two attached hydrogens (primary N) is 1. The molecule has 7 heteroatoms. The summed E-state index contributed by atoms with van der Waals surface area (Å²) in [5.41, 5.74) is 3.53. The first-order chi connectivity index (χ1) is 9.18. The van der Waals surface area contributed by atoms with Crippen LogP contribution in [-0.2, 0) is 9.53 Å². The molecule has 0 spiro atoms. The fourth-order valence-corrected chi connectivity index (χ4v) is 2.22. The second kappa shape index (κ2) is 6.41. The molecule has 0 saturated carbocycles. The van der Waals surface area contributed by atoms with Gasteiger partial charge in [-0.1, -0.05) is 0 Å². The average molecular weight is 287 g/mol. The molecule has 116 valence electrons. The molecule has 0 aromatic rings. The van der Waals surface area contributed by atoms with Crippen LogP contribution in [0.25, 0.3) is 0 Å². The van der Waals surface area contributed by atoms with Gasteiger partial charge in [0.15, 0.2) is 5.54 Å². The summed E-state index contributed by atoms with van der Waals surface area (Å²) < 4.78 is 5.14. The fraction of sp³-hybridized carbons (Fsp3) is 0.846. The first-order valence-corrected chi connectivity index (χ1v) is 6.85. The summed E-state index contributed by atoms with van der Waals surface area (Å²) in [4.78, 5) is 25.3. The van der Waals surface area contributed by atoms with Crippen LogP contribution in [0.15, 0.2) is 0 Å². The first kappa shape index (κ1) is 16.7. The van der Waals surface area contributed by atoms with Crippen molar-refractivity contribution in [2.24, 2.45) is 5.73 Å². The molecule has 4 N–H and O–H groups in total. The van der Waals surface area contributed by atoms with Crippen molar-refractivity contribution in [1.29, 1.82) is 0 Å². The van der Waals surface area contributed by atoms with Crippen molar-refractivity contribution in [2.75, 3.05) is 26.2 Å². The van der Waals surface area contributed by atoms with E-state index in [2.05, 4.69) is 5.32 Å². The number of hydrogen-bond acceptors (Lipinski definition) is 5. The van der Waals surface area contributed by atoms with E-state index in [0.717, 1.165) is 13.0 Å². The lowest BCUT2D eigenvalue weighted by Gasteiger charge is -2.28. The highest BCUT2D eigenvalue weighted by molar-refractivity contribution is 5.85. The van der Waals surface area contributed by atoms with Gasteiger partial charge in [-0.25, -0.2) is 9.59 Å². The quantitative estimate of drug-likeness (QED) is 0.675. The van der Waals surface area contributed by atoms with Gasteiger partial charge in [-0.2, -0.15) is 0 Å². The molecule has 7 nitrogen and oxygen atoms in total. The molecule has 1 amide bonds. The number of carboxylic acid groups (broad SMARTS) is 1. The summed E-state index contributed by atoms with van der Waals surface area (Å²) in [5.74, 6) is -1.03. The zero-order valence-electron chi connectivity index (χ0n) is 12.4. The predicted molar refractivity (Wildman–Crippen MR) is 74.5 cm³/mol. The zero-order chi connectivity index (χ0) is 15.4. The second-order valence-corrected chi connectivity index (χ2v) is 6.18. The molecule has 0 aromatic heterocycles. The van der Waals surface area contributed by atoms with E-state index in [0.29, 0.717) is 19.5 Å². The Morgan fingerprint density at radius 1 is 1.45 bits per heavy atom. The van der Waals surface area contributed by atoms with Crippen molar-refractivity contribution in [3.63, 3.8) is 0 Å². The molecule has 1 heterocycles. The predicted octanol–water partition coefficient (Wildman–Crippen LogP) is 0.389. The molecule has 1 aliphatic heterocycles. The Bertz CT molecular complexity index is 367. The van der Waals surface area contributed by atoms with E-state index in [1.54, 1.807) is 20.8 Å². The van der Waals surface area contributed by atoms with Crippen LogP contribution in [0.4, 0.5) is 4.79 Å². The third-order valence-electron chi connectivity index (χ3n) is 3.18. The number of likely N-dealkylation sites (tertiary alicyclic amines) is 1. The normalized spacial score (nSPS) is 23.6. The third-order valence-corrected chi connectivity index (χ3v) is 3.18. The summed E-state index contributed by atoms with van der Waals surface area (Å²) in [6.07, 6.45) is 0.481. The summed E-state index contributed by atoms with van der Waals surface area (Å²) in [5, 5.41) is 12.0. The lowest BCUT2D eigenvalue weighted by molar-refractivity contribution is -0.144. The van der Waals surface area contributed by atoms with Gasteiger partial charge in [0.2, 0.25) is 0 Å². The van der Waals surface area contributed by atoms with E-state index >= 15 is 0 Å². The number of hydrogen-bond donors (Lipinski definition) is 3. The first-order valence-electron chi connectivity index (χ1n) is 6.85. The molecule has 1 rings (SSSR count). The molecule has 0 radical (unpaired) electrons. The molecule has 1 aliphatic rings. The summed E-state index contributed by atoms with van der Waals surface area (Å²) >= 11 is 0. The highest BCUT2D eigenvalue weighted by atomic mass is 16.6. The van der Waals surface area contributed by atoms with Gasteiger partial charge in [0.05, 0.1) is 0 Å². The Morgan fingerprint density at radius 2 is 2.10 bits per heavy atom. The molecule has 0 aromatic carbocycles. The van der Waals surface area contributed by atoms with Gasteiger partial charge < -0.3 is 25.8 Å². The summed E-state index contributed by atoms with van der Waals surface area (Å²) in [6, 6.07) is 0. The topological polar surface area (TPSA) is 105 Å². The molecule has 1 saturated heterocycles.